The van der Waals surface area contributed by atoms with Gasteiger partial charge in [0.05, 0.1) is 0 Å². The van der Waals surface area contributed by atoms with Gasteiger partial charge in [0.2, 0.25) is 5.91 Å². The molecule has 2 rings (SSSR count). The highest BCUT2D eigenvalue weighted by molar-refractivity contribution is 6.02. The SMILES string of the molecule is CCN(c1ccc(NC(=O)/C=C/c2ccccc2)cc1)C(C)C. The number of nitrogens with zero attached hydrogens (tertiary/aromatic N) is 1. The number of amides is 1. The maximum atomic E-state index is 12.0. The third-order valence-corrected chi connectivity index (χ3v) is 3.66. The van der Waals surface area contributed by atoms with E-state index in [1.54, 1.807) is 12.2 Å². The molecular weight excluding hydrogens is 284 g/mol. The minimum Gasteiger partial charge on any atom is -0.369 e. The van der Waals surface area contributed by atoms with Crippen molar-refractivity contribution in [1.82, 2.24) is 0 Å². The monoisotopic (exact) mass is 308 g/mol. The highest BCUT2D eigenvalue weighted by atomic mass is 16.1. The van der Waals surface area contributed by atoms with Gasteiger partial charge in [0.25, 0.3) is 0 Å². The second-order valence-corrected chi connectivity index (χ2v) is 5.66. The van der Waals surface area contributed by atoms with Crippen LogP contribution in [0.3, 0.4) is 0 Å². The van der Waals surface area contributed by atoms with Crippen LogP contribution in [0.2, 0.25) is 0 Å². The van der Waals surface area contributed by atoms with Crippen molar-refractivity contribution in [2.45, 2.75) is 26.8 Å². The van der Waals surface area contributed by atoms with Crippen molar-refractivity contribution in [3.05, 3.63) is 66.2 Å². The minimum atomic E-state index is -0.127. The topological polar surface area (TPSA) is 32.3 Å². The predicted octanol–water partition coefficient (Wildman–Crippen LogP) is 4.57. The molecule has 3 heteroatoms. The number of anilines is 2. The Bertz CT molecular complexity index is 645. The van der Waals surface area contributed by atoms with Crippen LogP contribution in [0.15, 0.2) is 60.7 Å². The van der Waals surface area contributed by atoms with Gasteiger partial charge in [-0.25, -0.2) is 0 Å². The highest BCUT2D eigenvalue weighted by Gasteiger charge is 2.08. The zero-order valence-electron chi connectivity index (χ0n) is 14.0. The van der Waals surface area contributed by atoms with E-state index in [2.05, 4.69) is 31.0 Å². The molecule has 1 amide bonds. The fourth-order valence-electron chi connectivity index (χ4n) is 2.50. The first-order chi connectivity index (χ1) is 11.1. The highest BCUT2D eigenvalue weighted by Crippen LogP contribution is 2.19. The smallest absolute Gasteiger partial charge is 0.248 e. The number of hydrogen-bond acceptors (Lipinski definition) is 2. The van der Waals surface area contributed by atoms with E-state index in [0.29, 0.717) is 6.04 Å². The van der Waals surface area contributed by atoms with Gasteiger partial charge in [-0.2, -0.15) is 0 Å². The van der Waals surface area contributed by atoms with E-state index in [1.165, 1.54) is 5.69 Å². The number of benzene rings is 2. The number of carbonyl (C=O) groups excluding carboxylic acids is 1. The number of hydrogen-bond donors (Lipinski definition) is 1. The molecule has 0 saturated carbocycles. The van der Waals surface area contributed by atoms with Crippen LogP contribution in [0.5, 0.6) is 0 Å². The molecule has 3 nitrogen and oxygen atoms in total. The summed E-state index contributed by atoms with van der Waals surface area (Å²) in [5.41, 5.74) is 2.98. The molecule has 0 heterocycles. The van der Waals surface area contributed by atoms with Crippen LogP contribution in [0.4, 0.5) is 11.4 Å². The average Bonchev–Trinajstić information content (AvgIpc) is 2.56. The number of rotatable bonds is 6. The molecule has 0 saturated heterocycles. The van der Waals surface area contributed by atoms with Crippen molar-refractivity contribution >= 4 is 23.4 Å². The summed E-state index contributed by atoms with van der Waals surface area (Å²) in [6.45, 7) is 7.45. The van der Waals surface area contributed by atoms with Gasteiger partial charge in [-0.3, -0.25) is 4.79 Å². The summed E-state index contributed by atoms with van der Waals surface area (Å²) in [4.78, 5) is 14.3. The van der Waals surface area contributed by atoms with Crippen LogP contribution >= 0.6 is 0 Å². The standard InChI is InChI=1S/C20H24N2O/c1-4-22(16(2)3)19-13-11-18(12-14-19)21-20(23)15-10-17-8-6-5-7-9-17/h5-16H,4H2,1-3H3,(H,21,23)/b15-10+. The van der Waals surface area contributed by atoms with Crippen molar-refractivity contribution in [2.75, 3.05) is 16.8 Å². The largest absolute Gasteiger partial charge is 0.369 e. The van der Waals surface area contributed by atoms with E-state index in [1.807, 2.05) is 54.6 Å². The summed E-state index contributed by atoms with van der Waals surface area (Å²) in [5, 5.41) is 2.88. The van der Waals surface area contributed by atoms with Gasteiger partial charge in [-0.1, -0.05) is 30.3 Å². The van der Waals surface area contributed by atoms with Crippen LogP contribution in [-0.4, -0.2) is 18.5 Å². The summed E-state index contributed by atoms with van der Waals surface area (Å²) in [5.74, 6) is -0.127. The lowest BCUT2D eigenvalue weighted by Crippen LogP contribution is -2.30. The molecule has 0 unspecified atom stereocenters. The summed E-state index contributed by atoms with van der Waals surface area (Å²) in [7, 11) is 0. The summed E-state index contributed by atoms with van der Waals surface area (Å²) >= 11 is 0. The van der Waals surface area contributed by atoms with E-state index < -0.39 is 0 Å². The molecule has 0 aliphatic rings. The Morgan fingerprint density at radius 2 is 1.74 bits per heavy atom. The molecule has 0 radical (unpaired) electrons. The van der Waals surface area contributed by atoms with E-state index in [4.69, 9.17) is 0 Å². The zero-order valence-corrected chi connectivity index (χ0v) is 14.0. The fraction of sp³-hybridized carbons (Fsp3) is 0.250. The van der Waals surface area contributed by atoms with E-state index in [9.17, 15) is 4.79 Å². The second kappa shape index (κ2) is 8.18. The van der Waals surface area contributed by atoms with Crippen molar-refractivity contribution in [3.8, 4) is 0 Å². The van der Waals surface area contributed by atoms with Gasteiger partial charge >= 0.3 is 0 Å². The molecule has 1 N–H and O–H groups in total. The Morgan fingerprint density at radius 1 is 1.09 bits per heavy atom. The summed E-state index contributed by atoms with van der Waals surface area (Å²) in [6, 6.07) is 18.2. The van der Waals surface area contributed by atoms with Crippen LogP contribution in [0.1, 0.15) is 26.3 Å². The van der Waals surface area contributed by atoms with Gasteiger partial charge in [-0.05, 0) is 56.7 Å². The zero-order chi connectivity index (χ0) is 16.7. The van der Waals surface area contributed by atoms with Gasteiger partial charge < -0.3 is 10.2 Å². The quantitative estimate of drug-likeness (QED) is 0.793. The van der Waals surface area contributed by atoms with Crippen LogP contribution < -0.4 is 10.2 Å². The van der Waals surface area contributed by atoms with Crippen molar-refractivity contribution < 1.29 is 4.79 Å². The first kappa shape index (κ1) is 16.8. The third-order valence-electron chi connectivity index (χ3n) is 3.66. The van der Waals surface area contributed by atoms with Crippen molar-refractivity contribution in [2.24, 2.45) is 0 Å². The Balaban J connectivity index is 1.98. The Morgan fingerprint density at radius 3 is 2.30 bits per heavy atom. The molecular formula is C20H24N2O. The van der Waals surface area contributed by atoms with Crippen LogP contribution in [0.25, 0.3) is 6.08 Å². The van der Waals surface area contributed by atoms with Gasteiger partial charge in [0.15, 0.2) is 0 Å². The maximum absolute atomic E-state index is 12.0. The Labute approximate surface area is 138 Å². The maximum Gasteiger partial charge on any atom is 0.248 e. The number of carbonyl (C=O) groups is 1. The lowest BCUT2D eigenvalue weighted by molar-refractivity contribution is -0.111. The average molecular weight is 308 g/mol. The third kappa shape index (κ3) is 4.99. The molecule has 120 valence electrons. The van der Waals surface area contributed by atoms with Crippen molar-refractivity contribution in [1.29, 1.82) is 0 Å². The molecule has 0 aliphatic heterocycles. The summed E-state index contributed by atoms with van der Waals surface area (Å²) in [6.07, 6.45) is 3.36. The summed E-state index contributed by atoms with van der Waals surface area (Å²) < 4.78 is 0. The van der Waals surface area contributed by atoms with Crippen LogP contribution in [-0.2, 0) is 4.79 Å². The molecule has 23 heavy (non-hydrogen) atoms. The first-order valence-electron chi connectivity index (χ1n) is 8.01. The molecule has 2 aromatic rings. The van der Waals surface area contributed by atoms with E-state index in [0.717, 1.165) is 17.8 Å². The van der Waals surface area contributed by atoms with Gasteiger partial charge in [0.1, 0.15) is 0 Å². The van der Waals surface area contributed by atoms with Crippen molar-refractivity contribution in [3.63, 3.8) is 0 Å². The lowest BCUT2D eigenvalue weighted by atomic mass is 10.2. The lowest BCUT2D eigenvalue weighted by Gasteiger charge is -2.27. The molecule has 2 aromatic carbocycles. The fourth-order valence-corrected chi connectivity index (χ4v) is 2.50. The molecule has 0 atom stereocenters. The second-order valence-electron chi connectivity index (χ2n) is 5.66. The predicted molar refractivity (Wildman–Crippen MR) is 98.7 cm³/mol. The van der Waals surface area contributed by atoms with Gasteiger partial charge in [0, 0.05) is 30.0 Å². The molecule has 0 fully saturated rings. The van der Waals surface area contributed by atoms with Crippen LogP contribution in [0, 0.1) is 0 Å². The molecule has 0 aromatic heterocycles. The first-order valence-corrected chi connectivity index (χ1v) is 8.01. The van der Waals surface area contributed by atoms with E-state index >= 15 is 0 Å². The van der Waals surface area contributed by atoms with E-state index in [-0.39, 0.29) is 5.91 Å². The normalized spacial score (nSPS) is 11.0. The van der Waals surface area contributed by atoms with Gasteiger partial charge in [-0.15, -0.1) is 0 Å². The molecule has 0 bridgehead atoms. The molecule has 0 aliphatic carbocycles. The number of nitrogens with one attached hydrogen (secondary N) is 1. The Kier molecular flexibility index (Phi) is 5.98. The Hall–Kier alpha value is -2.55. The molecule has 0 spiro atoms. The minimum absolute atomic E-state index is 0.127.